The first-order valence-corrected chi connectivity index (χ1v) is 6.47. The zero-order valence-electron chi connectivity index (χ0n) is 10.2. The van der Waals surface area contributed by atoms with Crippen LogP contribution in [-0.2, 0) is 4.79 Å². The zero-order chi connectivity index (χ0) is 12.5. The second kappa shape index (κ2) is 4.44. The fourth-order valence-electron chi connectivity index (χ4n) is 3.00. The van der Waals surface area contributed by atoms with Crippen LogP contribution in [0.4, 0.5) is 0 Å². The Balaban J connectivity index is 1.82. The smallest absolute Gasteiger partial charge is 0.220 e. The van der Waals surface area contributed by atoms with E-state index in [1.54, 1.807) is 6.20 Å². The number of nitrogens with two attached hydrogens (primary N) is 1. The molecule has 4 heteroatoms. The molecule has 0 radical (unpaired) electrons. The van der Waals surface area contributed by atoms with E-state index in [4.69, 9.17) is 5.73 Å². The number of fused-ring (bicyclic) bond motifs is 1. The zero-order valence-corrected chi connectivity index (χ0v) is 10.2. The maximum atomic E-state index is 11.2. The van der Waals surface area contributed by atoms with E-state index in [0.717, 1.165) is 31.3 Å². The molecule has 0 saturated heterocycles. The molecule has 2 aromatic rings. The van der Waals surface area contributed by atoms with Crippen molar-refractivity contribution in [3.8, 4) is 0 Å². The van der Waals surface area contributed by atoms with Crippen LogP contribution in [0, 0.1) is 5.92 Å². The summed E-state index contributed by atoms with van der Waals surface area (Å²) in [6, 6.07) is 4.07. The topological polar surface area (TPSA) is 71.8 Å². The van der Waals surface area contributed by atoms with Crippen LogP contribution in [0.2, 0.25) is 0 Å². The Labute approximate surface area is 106 Å². The predicted octanol–water partition coefficient (Wildman–Crippen LogP) is 2.32. The van der Waals surface area contributed by atoms with Gasteiger partial charge < -0.3 is 10.7 Å². The number of rotatable bonds is 2. The quantitative estimate of drug-likeness (QED) is 0.849. The summed E-state index contributed by atoms with van der Waals surface area (Å²) in [4.78, 5) is 18.7. The lowest BCUT2D eigenvalue weighted by Gasteiger charge is -2.26. The number of primary amides is 1. The number of H-pyrrole nitrogens is 1. The van der Waals surface area contributed by atoms with Crippen molar-refractivity contribution in [2.45, 2.75) is 31.6 Å². The molecule has 1 amide bonds. The molecule has 0 spiro atoms. The van der Waals surface area contributed by atoms with Crippen molar-refractivity contribution < 1.29 is 4.79 Å². The summed E-state index contributed by atoms with van der Waals surface area (Å²) in [6.45, 7) is 0. The molecule has 4 nitrogen and oxygen atoms in total. The second-order valence-electron chi connectivity index (χ2n) is 5.09. The van der Waals surface area contributed by atoms with Crippen LogP contribution in [0.25, 0.3) is 11.0 Å². The normalized spacial score (nSPS) is 24.2. The minimum Gasteiger partial charge on any atom is -0.369 e. The van der Waals surface area contributed by atoms with Crippen molar-refractivity contribution in [3.63, 3.8) is 0 Å². The Morgan fingerprint density at radius 1 is 1.33 bits per heavy atom. The van der Waals surface area contributed by atoms with Crippen LogP contribution < -0.4 is 5.73 Å². The van der Waals surface area contributed by atoms with Gasteiger partial charge in [-0.25, -0.2) is 4.98 Å². The van der Waals surface area contributed by atoms with Gasteiger partial charge in [-0.15, -0.1) is 0 Å². The molecule has 0 atom stereocenters. The number of hydrogen-bond donors (Lipinski definition) is 2. The molecule has 1 saturated carbocycles. The van der Waals surface area contributed by atoms with E-state index in [0.29, 0.717) is 5.92 Å². The van der Waals surface area contributed by atoms with Gasteiger partial charge in [-0.3, -0.25) is 4.79 Å². The van der Waals surface area contributed by atoms with Gasteiger partial charge in [0.2, 0.25) is 5.91 Å². The van der Waals surface area contributed by atoms with Crippen molar-refractivity contribution in [1.29, 1.82) is 0 Å². The van der Waals surface area contributed by atoms with Gasteiger partial charge >= 0.3 is 0 Å². The van der Waals surface area contributed by atoms with Gasteiger partial charge in [-0.2, -0.15) is 0 Å². The Morgan fingerprint density at radius 3 is 2.83 bits per heavy atom. The van der Waals surface area contributed by atoms with Gasteiger partial charge in [0.1, 0.15) is 5.65 Å². The SMILES string of the molecule is NC(=O)[C@H]1CC[C@@H](c2c[nH]c3ncccc32)CC1. The van der Waals surface area contributed by atoms with Gasteiger partial charge in [-0.1, -0.05) is 0 Å². The van der Waals surface area contributed by atoms with E-state index in [1.807, 2.05) is 6.07 Å². The van der Waals surface area contributed by atoms with Gasteiger partial charge in [0.25, 0.3) is 0 Å². The summed E-state index contributed by atoms with van der Waals surface area (Å²) in [6.07, 6.45) is 7.75. The van der Waals surface area contributed by atoms with E-state index < -0.39 is 0 Å². The van der Waals surface area contributed by atoms with Gasteiger partial charge in [0.15, 0.2) is 0 Å². The average Bonchev–Trinajstić information content (AvgIpc) is 2.82. The third-order valence-electron chi connectivity index (χ3n) is 4.05. The Hall–Kier alpha value is -1.84. The van der Waals surface area contributed by atoms with E-state index in [2.05, 4.69) is 22.2 Å². The number of pyridine rings is 1. The van der Waals surface area contributed by atoms with Gasteiger partial charge in [-0.05, 0) is 49.3 Å². The lowest BCUT2D eigenvalue weighted by molar-refractivity contribution is -0.122. The third kappa shape index (κ3) is 1.88. The summed E-state index contributed by atoms with van der Waals surface area (Å²) in [7, 11) is 0. The minimum atomic E-state index is -0.144. The Bertz CT molecular complexity index is 567. The van der Waals surface area contributed by atoms with Crippen LogP contribution in [-0.4, -0.2) is 15.9 Å². The monoisotopic (exact) mass is 243 g/mol. The molecule has 0 aliphatic heterocycles. The van der Waals surface area contributed by atoms with Gasteiger partial charge in [0, 0.05) is 23.7 Å². The lowest BCUT2D eigenvalue weighted by atomic mass is 9.78. The molecule has 1 aliphatic carbocycles. The largest absolute Gasteiger partial charge is 0.369 e. The first-order chi connectivity index (χ1) is 8.75. The highest BCUT2D eigenvalue weighted by Crippen LogP contribution is 2.38. The molecule has 1 fully saturated rings. The Morgan fingerprint density at radius 2 is 2.11 bits per heavy atom. The molecule has 3 N–H and O–H groups in total. The average molecular weight is 243 g/mol. The van der Waals surface area contributed by atoms with Crippen LogP contribution in [0.15, 0.2) is 24.5 Å². The van der Waals surface area contributed by atoms with Crippen LogP contribution in [0.5, 0.6) is 0 Å². The lowest BCUT2D eigenvalue weighted by Crippen LogP contribution is -2.27. The summed E-state index contributed by atoms with van der Waals surface area (Å²) in [5.74, 6) is 0.456. The number of aromatic nitrogens is 2. The molecular weight excluding hydrogens is 226 g/mol. The van der Waals surface area contributed by atoms with Gasteiger partial charge in [0.05, 0.1) is 0 Å². The van der Waals surface area contributed by atoms with Crippen molar-refractivity contribution in [3.05, 3.63) is 30.1 Å². The number of carbonyl (C=O) groups is 1. The van der Waals surface area contributed by atoms with Crippen molar-refractivity contribution >= 4 is 16.9 Å². The van der Waals surface area contributed by atoms with E-state index in [9.17, 15) is 4.79 Å². The summed E-state index contributed by atoms with van der Waals surface area (Å²) >= 11 is 0. The van der Waals surface area contributed by atoms with Crippen molar-refractivity contribution in [2.24, 2.45) is 11.7 Å². The fourth-order valence-corrected chi connectivity index (χ4v) is 3.00. The van der Waals surface area contributed by atoms with E-state index >= 15 is 0 Å². The molecule has 0 aromatic carbocycles. The number of nitrogens with one attached hydrogen (secondary N) is 1. The number of carbonyl (C=O) groups excluding carboxylic acids is 1. The highest BCUT2D eigenvalue weighted by molar-refractivity contribution is 5.80. The third-order valence-corrected chi connectivity index (χ3v) is 4.05. The number of hydrogen-bond acceptors (Lipinski definition) is 2. The molecular formula is C14H17N3O. The Kier molecular flexibility index (Phi) is 2.78. The summed E-state index contributed by atoms with van der Waals surface area (Å²) < 4.78 is 0. The molecule has 18 heavy (non-hydrogen) atoms. The first kappa shape index (κ1) is 11.3. The maximum absolute atomic E-state index is 11.2. The molecule has 0 bridgehead atoms. The highest BCUT2D eigenvalue weighted by Gasteiger charge is 2.26. The summed E-state index contributed by atoms with van der Waals surface area (Å²) in [5.41, 5.74) is 7.65. The van der Waals surface area contributed by atoms with Crippen LogP contribution >= 0.6 is 0 Å². The summed E-state index contributed by atoms with van der Waals surface area (Å²) in [5, 5.41) is 1.21. The highest BCUT2D eigenvalue weighted by atomic mass is 16.1. The van der Waals surface area contributed by atoms with E-state index in [1.165, 1.54) is 10.9 Å². The molecule has 2 heterocycles. The minimum absolute atomic E-state index is 0.0737. The number of nitrogens with zero attached hydrogens (tertiary/aromatic N) is 1. The van der Waals surface area contributed by atoms with Crippen LogP contribution in [0.3, 0.4) is 0 Å². The standard InChI is InChI=1S/C14H17N3O/c15-13(18)10-5-3-9(4-6-10)12-8-17-14-11(12)2-1-7-16-14/h1-2,7-10H,3-6H2,(H2,15,18)(H,16,17)/t9-,10+. The molecule has 1 aliphatic rings. The van der Waals surface area contributed by atoms with Crippen molar-refractivity contribution in [2.75, 3.05) is 0 Å². The number of amides is 1. The fraction of sp³-hybridized carbons (Fsp3) is 0.429. The molecule has 0 unspecified atom stereocenters. The molecule has 2 aromatic heterocycles. The molecule has 94 valence electrons. The first-order valence-electron chi connectivity index (χ1n) is 6.47. The van der Waals surface area contributed by atoms with E-state index in [-0.39, 0.29) is 11.8 Å². The molecule has 3 rings (SSSR count). The van der Waals surface area contributed by atoms with Crippen LogP contribution in [0.1, 0.15) is 37.2 Å². The predicted molar refractivity (Wildman–Crippen MR) is 70.0 cm³/mol. The maximum Gasteiger partial charge on any atom is 0.220 e. The van der Waals surface area contributed by atoms with Crippen molar-refractivity contribution in [1.82, 2.24) is 9.97 Å². The number of aromatic amines is 1. The second-order valence-corrected chi connectivity index (χ2v) is 5.09.